The summed E-state index contributed by atoms with van der Waals surface area (Å²) in [6.07, 6.45) is -0.912. The fraction of sp³-hybridized carbons (Fsp3) is 0.0952. The van der Waals surface area contributed by atoms with Crippen molar-refractivity contribution >= 4 is 17.5 Å². The molecular weight excluding hydrogens is 344 g/mol. The first-order valence-electron chi connectivity index (χ1n) is 8.61. The monoisotopic (exact) mass is 360 g/mol. The van der Waals surface area contributed by atoms with Crippen LogP contribution in [0.25, 0.3) is 0 Å². The molecule has 2 heterocycles. The minimum absolute atomic E-state index is 0.198. The number of para-hydroxylation sites is 2. The van der Waals surface area contributed by atoms with Crippen molar-refractivity contribution in [1.82, 2.24) is 0 Å². The number of nitrogens with zero attached hydrogens (tertiary/aromatic N) is 2. The Hall–Kier alpha value is -3.67. The number of rotatable bonds is 3. The van der Waals surface area contributed by atoms with Crippen molar-refractivity contribution in [3.63, 3.8) is 0 Å². The number of amides is 1. The van der Waals surface area contributed by atoms with Crippen LogP contribution in [0.1, 0.15) is 11.7 Å². The molecular formula is C21H16N2O4. The van der Waals surface area contributed by atoms with Crippen molar-refractivity contribution in [3.8, 4) is 11.5 Å². The van der Waals surface area contributed by atoms with E-state index in [1.807, 2.05) is 78.9 Å². The van der Waals surface area contributed by atoms with Gasteiger partial charge >= 0.3 is 6.09 Å². The topological polar surface area (TPSA) is 51.2 Å². The lowest BCUT2D eigenvalue weighted by Gasteiger charge is -2.27. The largest absolute Gasteiger partial charge is 0.454 e. The molecule has 2 aliphatic rings. The van der Waals surface area contributed by atoms with Crippen LogP contribution >= 0.6 is 0 Å². The summed E-state index contributed by atoms with van der Waals surface area (Å²) in [4.78, 5) is 20.1. The molecule has 1 atom stereocenters. The van der Waals surface area contributed by atoms with Crippen molar-refractivity contribution < 1.29 is 19.1 Å². The van der Waals surface area contributed by atoms with E-state index in [-0.39, 0.29) is 6.79 Å². The van der Waals surface area contributed by atoms with Crippen LogP contribution < -0.4 is 19.4 Å². The summed E-state index contributed by atoms with van der Waals surface area (Å²) in [6.45, 7) is 0.198. The van der Waals surface area contributed by atoms with Gasteiger partial charge in [-0.1, -0.05) is 42.5 Å². The van der Waals surface area contributed by atoms with Crippen LogP contribution in [0.3, 0.4) is 0 Å². The zero-order chi connectivity index (χ0) is 18.2. The second-order valence-corrected chi connectivity index (χ2v) is 6.21. The van der Waals surface area contributed by atoms with Crippen LogP contribution in [0.5, 0.6) is 11.5 Å². The second-order valence-electron chi connectivity index (χ2n) is 6.21. The van der Waals surface area contributed by atoms with Gasteiger partial charge in [-0.05, 0) is 36.4 Å². The second kappa shape index (κ2) is 6.25. The normalized spacial score (nSPS) is 17.9. The van der Waals surface area contributed by atoms with Crippen molar-refractivity contribution in [2.75, 3.05) is 16.8 Å². The van der Waals surface area contributed by atoms with Crippen molar-refractivity contribution in [1.29, 1.82) is 0 Å². The first kappa shape index (κ1) is 15.6. The predicted molar refractivity (Wildman–Crippen MR) is 99.6 cm³/mol. The Kier molecular flexibility index (Phi) is 3.60. The predicted octanol–water partition coefficient (Wildman–Crippen LogP) is 4.49. The van der Waals surface area contributed by atoms with Gasteiger partial charge in [0.15, 0.2) is 17.7 Å². The lowest BCUT2D eigenvalue weighted by Crippen LogP contribution is -2.31. The number of ether oxygens (including phenoxy) is 2. The zero-order valence-electron chi connectivity index (χ0n) is 14.3. The van der Waals surface area contributed by atoms with Crippen LogP contribution in [0.2, 0.25) is 0 Å². The Bertz CT molecular complexity index is 978. The number of benzene rings is 3. The van der Waals surface area contributed by atoms with E-state index >= 15 is 0 Å². The lowest BCUT2D eigenvalue weighted by atomic mass is 10.1. The van der Waals surface area contributed by atoms with E-state index in [2.05, 4.69) is 0 Å². The third kappa shape index (κ3) is 2.62. The molecule has 1 saturated heterocycles. The van der Waals surface area contributed by atoms with Gasteiger partial charge in [-0.15, -0.1) is 0 Å². The number of anilines is 2. The average Bonchev–Trinajstić information content (AvgIpc) is 3.32. The van der Waals surface area contributed by atoms with Gasteiger partial charge in [0.25, 0.3) is 0 Å². The van der Waals surface area contributed by atoms with Crippen molar-refractivity contribution in [3.05, 3.63) is 84.4 Å². The summed E-state index contributed by atoms with van der Waals surface area (Å²) in [5.41, 5.74) is 2.40. The molecule has 0 spiro atoms. The first-order chi connectivity index (χ1) is 13.3. The SMILES string of the molecule is O=C1ON(c2ccccc2)[C@@H](c2ccc3c(c2)OCO3)N1c1ccccc1. The number of hydroxylamine groups is 1. The Morgan fingerprint density at radius 2 is 1.44 bits per heavy atom. The molecule has 0 unspecified atom stereocenters. The van der Waals surface area contributed by atoms with Crippen LogP contribution in [0, 0.1) is 0 Å². The van der Waals surface area contributed by atoms with Gasteiger partial charge in [0.1, 0.15) is 0 Å². The summed E-state index contributed by atoms with van der Waals surface area (Å²) in [5, 5.41) is 1.62. The molecule has 0 aromatic heterocycles. The van der Waals surface area contributed by atoms with E-state index in [0.29, 0.717) is 11.5 Å². The number of carbonyl (C=O) groups excluding carboxylic acids is 1. The van der Waals surface area contributed by atoms with Crippen molar-refractivity contribution in [2.24, 2.45) is 0 Å². The molecule has 0 bridgehead atoms. The molecule has 27 heavy (non-hydrogen) atoms. The zero-order valence-corrected chi connectivity index (χ0v) is 14.3. The van der Waals surface area contributed by atoms with Gasteiger partial charge in [-0.25, -0.2) is 9.69 Å². The van der Waals surface area contributed by atoms with E-state index in [1.54, 1.807) is 9.96 Å². The van der Waals surface area contributed by atoms with Gasteiger partial charge in [-0.2, -0.15) is 5.06 Å². The molecule has 6 heteroatoms. The van der Waals surface area contributed by atoms with E-state index in [1.165, 1.54) is 0 Å². The molecule has 3 aromatic rings. The average molecular weight is 360 g/mol. The fourth-order valence-corrected chi connectivity index (χ4v) is 3.34. The Labute approximate surface area is 156 Å². The number of fused-ring (bicyclic) bond motifs is 1. The van der Waals surface area contributed by atoms with Gasteiger partial charge < -0.3 is 14.3 Å². The highest BCUT2D eigenvalue weighted by Crippen LogP contribution is 2.42. The molecule has 0 radical (unpaired) electrons. The Morgan fingerprint density at radius 1 is 0.778 bits per heavy atom. The van der Waals surface area contributed by atoms with E-state index in [4.69, 9.17) is 14.3 Å². The van der Waals surface area contributed by atoms with Gasteiger partial charge in [0.05, 0.1) is 5.69 Å². The summed E-state index contributed by atoms with van der Waals surface area (Å²) in [5.74, 6) is 1.36. The molecule has 6 nitrogen and oxygen atoms in total. The molecule has 1 fully saturated rings. The maximum Gasteiger partial charge on any atom is 0.440 e. The molecule has 1 amide bonds. The molecule has 5 rings (SSSR count). The number of carbonyl (C=O) groups is 1. The van der Waals surface area contributed by atoms with Crippen molar-refractivity contribution in [2.45, 2.75) is 6.17 Å². The summed E-state index contributed by atoms with van der Waals surface area (Å²) >= 11 is 0. The third-order valence-corrected chi connectivity index (χ3v) is 4.58. The highest BCUT2D eigenvalue weighted by molar-refractivity contribution is 5.92. The minimum Gasteiger partial charge on any atom is -0.454 e. The maximum absolute atomic E-state index is 12.8. The summed E-state index contributed by atoms with van der Waals surface area (Å²) in [6, 6.07) is 24.7. The third-order valence-electron chi connectivity index (χ3n) is 4.58. The van der Waals surface area contributed by atoms with Crippen LogP contribution in [0.15, 0.2) is 78.9 Å². The van der Waals surface area contributed by atoms with Crippen LogP contribution in [-0.2, 0) is 4.84 Å². The molecule has 2 aliphatic heterocycles. The first-order valence-corrected chi connectivity index (χ1v) is 8.61. The Morgan fingerprint density at radius 3 is 2.19 bits per heavy atom. The Balaban J connectivity index is 1.63. The molecule has 0 aliphatic carbocycles. The lowest BCUT2D eigenvalue weighted by molar-refractivity contribution is 0.164. The summed E-state index contributed by atoms with van der Waals surface area (Å²) < 4.78 is 10.9. The van der Waals surface area contributed by atoms with Crippen LogP contribution in [0.4, 0.5) is 16.2 Å². The van der Waals surface area contributed by atoms with Gasteiger partial charge in [-0.3, -0.25) is 0 Å². The highest BCUT2D eigenvalue weighted by atomic mass is 16.7. The fourth-order valence-electron chi connectivity index (χ4n) is 3.34. The molecule has 0 N–H and O–H groups in total. The van der Waals surface area contributed by atoms with Gasteiger partial charge in [0.2, 0.25) is 6.79 Å². The molecule has 134 valence electrons. The van der Waals surface area contributed by atoms with E-state index in [0.717, 1.165) is 16.9 Å². The summed E-state index contributed by atoms with van der Waals surface area (Å²) in [7, 11) is 0. The molecule has 0 saturated carbocycles. The molecule has 3 aromatic carbocycles. The number of hydrogen-bond acceptors (Lipinski definition) is 5. The number of hydrogen-bond donors (Lipinski definition) is 0. The van der Waals surface area contributed by atoms with E-state index in [9.17, 15) is 4.79 Å². The van der Waals surface area contributed by atoms with E-state index < -0.39 is 12.3 Å². The highest BCUT2D eigenvalue weighted by Gasteiger charge is 2.43. The standard InChI is InChI=1S/C21H16N2O4/c24-21-22(16-7-3-1-4-8-16)20(23(27-21)17-9-5-2-6-10-17)15-11-12-18-19(13-15)26-14-25-18/h1-13,20H,14H2/t20-/m0/s1. The van der Waals surface area contributed by atoms with Gasteiger partial charge in [0, 0.05) is 11.3 Å². The smallest absolute Gasteiger partial charge is 0.440 e. The quantitative estimate of drug-likeness (QED) is 0.689. The maximum atomic E-state index is 12.8. The minimum atomic E-state index is -0.475. The van der Waals surface area contributed by atoms with Crippen LogP contribution in [-0.4, -0.2) is 12.9 Å².